The lowest BCUT2D eigenvalue weighted by Gasteiger charge is -2.18. The van der Waals surface area contributed by atoms with Crippen LogP contribution < -0.4 is 4.74 Å². The molecule has 3 rings (SSSR count). The van der Waals surface area contributed by atoms with Crippen molar-refractivity contribution in [3.05, 3.63) is 23.3 Å². The Bertz CT molecular complexity index is 599. The minimum absolute atomic E-state index is 0.0661. The Morgan fingerprint density at radius 1 is 1.30 bits per heavy atom. The molecule has 0 aromatic heterocycles. The largest absolute Gasteiger partial charge is 0.488 e. The zero-order valence-electron chi connectivity index (χ0n) is 11.7. The normalized spacial score (nSPS) is 26.3. The van der Waals surface area contributed by atoms with Gasteiger partial charge in [0.15, 0.2) is 0 Å². The minimum Gasteiger partial charge on any atom is -0.488 e. The number of fused-ring (bicyclic) bond motifs is 1. The first-order valence-corrected chi connectivity index (χ1v) is 7.71. The van der Waals surface area contributed by atoms with E-state index in [-0.39, 0.29) is 17.4 Å². The van der Waals surface area contributed by atoms with E-state index in [1.54, 1.807) is 0 Å². The average molecular weight is 356 g/mol. The lowest BCUT2D eigenvalue weighted by Crippen LogP contribution is -2.22. The van der Waals surface area contributed by atoms with Crippen molar-refractivity contribution < 1.29 is 36.5 Å². The Kier molecular flexibility index (Phi) is 4.22. The molecule has 1 aromatic carbocycles. The number of thioether (sulfide) groups is 1. The van der Waals surface area contributed by atoms with Crippen molar-refractivity contribution in [3.8, 4) is 5.75 Å². The average Bonchev–Trinajstić information content (AvgIpc) is 2.99. The second-order valence-corrected chi connectivity index (χ2v) is 6.55. The Morgan fingerprint density at radius 3 is 2.65 bits per heavy atom. The van der Waals surface area contributed by atoms with Gasteiger partial charge >= 0.3 is 5.51 Å². The van der Waals surface area contributed by atoms with Crippen molar-refractivity contribution in [1.29, 1.82) is 0 Å². The highest BCUT2D eigenvalue weighted by molar-refractivity contribution is 8.00. The topological polar surface area (TPSA) is 38.7 Å². The van der Waals surface area contributed by atoms with Crippen molar-refractivity contribution in [2.45, 2.75) is 41.4 Å². The van der Waals surface area contributed by atoms with Crippen LogP contribution in [-0.4, -0.2) is 35.9 Å². The van der Waals surface area contributed by atoms with E-state index in [0.717, 1.165) is 6.07 Å². The molecule has 0 bridgehead atoms. The van der Waals surface area contributed by atoms with E-state index in [9.17, 15) is 27.1 Å². The summed E-state index contributed by atoms with van der Waals surface area (Å²) in [4.78, 5) is -0.424. The van der Waals surface area contributed by atoms with Crippen molar-refractivity contribution in [1.82, 2.24) is 0 Å². The van der Waals surface area contributed by atoms with Gasteiger partial charge in [-0.3, -0.25) is 0 Å². The summed E-state index contributed by atoms with van der Waals surface area (Å²) in [5.74, 6) is -3.44. The minimum atomic E-state index is -4.63. The predicted molar refractivity (Wildman–Crippen MR) is 71.8 cm³/mol. The quantitative estimate of drug-likeness (QED) is 0.662. The summed E-state index contributed by atoms with van der Waals surface area (Å²) < 4.78 is 76.2. The summed E-state index contributed by atoms with van der Waals surface area (Å²) in [7, 11) is 0. The van der Waals surface area contributed by atoms with Crippen molar-refractivity contribution >= 4 is 11.8 Å². The van der Waals surface area contributed by atoms with E-state index < -0.39 is 46.2 Å². The molecule has 2 atom stereocenters. The second-order valence-electron chi connectivity index (χ2n) is 5.45. The maximum absolute atomic E-state index is 13.8. The summed E-state index contributed by atoms with van der Waals surface area (Å²) in [6.45, 7) is 0.778. The highest BCUT2D eigenvalue weighted by Crippen LogP contribution is 2.52. The zero-order chi connectivity index (χ0) is 16.8. The number of hydrogen-bond donors (Lipinski definition) is 1. The number of alkyl halides is 5. The molecule has 2 aliphatic rings. The number of aliphatic hydroxyl groups is 1. The van der Waals surface area contributed by atoms with Gasteiger partial charge < -0.3 is 14.6 Å². The van der Waals surface area contributed by atoms with Crippen LogP contribution >= 0.6 is 11.8 Å². The molecule has 0 amide bonds. The first-order chi connectivity index (χ1) is 10.7. The van der Waals surface area contributed by atoms with Crippen LogP contribution in [0.25, 0.3) is 0 Å². The monoisotopic (exact) mass is 356 g/mol. The fourth-order valence-electron chi connectivity index (χ4n) is 2.76. The SMILES string of the molecule is OC1c2c(SC(F)(F)F)ccc(OC3CCOC3)c2CC1(F)F. The van der Waals surface area contributed by atoms with Crippen LogP contribution in [0, 0.1) is 0 Å². The van der Waals surface area contributed by atoms with Gasteiger partial charge in [0.1, 0.15) is 18.0 Å². The van der Waals surface area contributed by atoms with Gasteiger partial charge in [-0.15, -0.1) is 0 Å². The van der Waals surface area contributed by atoms with E-state index >= 15 is 0 Å². The molecule has 128 valence electrons. The van der Waals surface area contributed by atoms with E-state index in [2.05, 4.69) is 0 Å². The standard InChI is InChI=1S/C14H13F5O3S/c15-13(16)5-8-9(22-7-3-4-21-6-7)1-2-10(11(8)12(13)20)23-14(17,18)19/h1-2,7,12,20H,3-6H2. The molecule has 9 heteroatoms. The summed E-state index contributed by atoms with van der Waals surface area (Å²) in [5, 5.41) is 9.76. The first-order valence-electron chi connectivity index (χ1n) is 6.89. The number of halogens is 5. The second kappa shape index (κ2) is 5.78. The van der Waals surface area contributed by atoms with Crippen LogP contribution in [0.4, 0.5) is 22.0 Å². The molecule has 1 aromatic rings. The molecule has 1 aliphatic heterocycles. The van der Waals surface area contributed by atoms with Gasteiger partial charge in [0, 0.05) is 28.9 Å². The van der Waals surface area contributed by atoms with Gasteiger partial charge in [0.25, 0.3) is 5.92 Å². The van der Waals surface area contributed by atoms with Gasteiger partial charge in [0.2, 0.25) is 0 Å². The third kappa shape index (κ3) is 3.41. The van der Waals surface area contributed by atoms with Gasteiger partial charge in [0.05, 0.1) is 13.2 Å². The molecule has 23 heavy (non-hydrogen) atoms. The maximum Gasteiger partial charge on any atom is 0.446 e. The lowest BCUT2D eigenvalue weighted by atomic mass is 10.1. The molecular formula is C14H13F5O3S. The van der Waals surface area contributed by atoms with Crippen LogP contribution in [0.3, 0.4) is 0 Å². The smallest absolute Gasteiger partial charge is 0.446 e. The van der Waals surface area contributed by atoms with Crippen molar-refractivity contribution in [2.24, 2.45) is 0 Å². The molecule has 0 radical (unpaired) electrons. The Hall–Kier alpha value is -1.06. The first kappa shape index (κ1) is 16.8. The molecule has 1 aliphatic carbocycles. The number of benzene rings is 1. The maximum atomic E-state index is 13.8. The van der Waals surface area contributed by atoms with Crippen LogP contribution in [0.5, 0.6) is 5.75 Å². The Balaban J connectivity index is 1.98. The van der Waals surface area contributed by atoms with Gasteiger partial charge in [-0.05, 0) is 23.9 Å². The van der Waals surface area contributed by atoms with Crippen molar-refractivity contribution in [2.75, 3.05) is 13.2 Å². The summed E-state index contributed by atoms with van der Waals surface area (Å²) in [5.41, 5.74) is -5.09. The van der Waals surface area contributed by atoms with Gasteiger partial charge in [-0.25, -0.2) is 8.78 Å². The summed E-state index contributed by atoms with van der Waals surface area (Å²) in [6, 6.07) is 2.31. The highest BCUT2D eigenvalue weighted by atomic mass is 32.2. The fraction of sp³-hybridized carbons (Fsp3) is 0.571. The number of aliphatic hydroxyl groups excluding tert-OH is 1. The Morgan fingerprint density at radius 2 is 2.04 bits per heavy atom. The Labute approximate surface area is 132 Å². The number of hydrogen-bond acceptors (Lipinski definition) is 4. The summed E-state index contributed by atoms with van der Waals surface area (Å²) >= 11 is -0.512. The molecule has 1 N–H and O–H groups in total. The van der Waals surface area contributed by atoms with E-state index in [1.165, 1.54) is 6.07 Å². The number of rotatable bonds is 3. The van der Waals surface area contributed by atoms with Crippen LogP contribution in [0.1, 0.15) is 23.7 Å². The third-order valence-corrected chi connectivity index (χ3v) is 4.57. The third-order valence-electron chi connectivity index (χ3n) is 3.77. The molecule has 3 nitrogen and oxygen atoms in total. The van der Waals surface area contributed by atoms with E-state index in [1.807, 2.05) is 0 Å². The molecule has 2 unspecified atom stereocenters. The molecule has 1 heterocycles. The van der Waals surface area contributed by atoms with E-state index in [4.69, 9.17) is 9.47 Å². The zero-order valence-corrected chi connectivity index (χ0v) is 12.5. The number of ether oxygens (including phenoxy) is 2. The molecule has 0 saturated carbocycles. The van der Waals surface area contributed by atoms with Crippen molar-refractivity contribution in [3.63, 3.8) is 0 Å². The molecule has 1 saturated heterocycles. The summed E-state index contributed by atoms with van der Waals surface area (Å²) in [6.07, 6.45) is -2.87. The van der Waals surface area contributed by atoms with Crippen LogP contribution in [-0.2, 0) is 11.2 Å². The highest BCUT2D eigenvalue weighted by Gasteiger charge is 2.50. The lowest BCUT2D eigenvalue weighted by molar-refractivity contribution is -0.0977. The predicted octanol–water partition coefficient (Wildman–Crippen LogP) is 3.69. The van der Waals surface area contributed by atoms with Gasteiger partial charge in [-0.2, -0.15) is 13.2 Å². The van der Waals surface area contributed by atoms with Crippen LogP contribution in [0.15, 0.2) is 17.0 Å². The molecule has 1 fully saturated rings. The fourth-order valence-corrected chi connectivity index (χ4v) is 3.49. The van der Waals surface area contributed by atoms with Gasteiger partial charge in [-0.1, -0.05) is 0 Å². The molecule has 0 spiro atoms. The molecular weight excluding hydrogens is 343 g/mol. The van der Waals surface area contributed by atoms with E-state index in [0.29, 0.717) is 19.6 Å². The van der Waals surface area contributed by atoms with Crippen LogP contribution in [0.2, 0.25) is 0 Å².